The van der Waals surface area contributed by atoms with E-state index in [0.717, 1.165) is 35.7 Å². The molecule has 1 aliphatic rings. The minimum absolute atomic E-state index is 0.284. The van der Waals surface area contributed by atoms with Crippen LogP contribution in [-0.2, 0) is 6.18 Å². The molecule has 0 radical (unpaired) electrons. The summed E-state index contributed by atoms with van der Waals surface area (Å²) in [4.78, 5) is 0. The molecule has 1 atom stereocenters. The van der Waals surface area contributed by atoms with Crippen LogP contribution >= 0.6 is 11.8 Å². The molecule has 1 unspecified atom stereocenters. The molecule has 106 valence electrons. The van der Waals surface area contributed by atoms with Crippen LogP contribution in [0.4, 0.5) is 18.9 Å². The Morgan fingerprint density at radius 2 is 1.84 bits per heavy atom. The van der Waals surface area contributed by atoms with E-state index in [1.54, 1.807) is 0 Å². The highest BCUT2D eigenvalue weighted by Crippen LogP contribution is 2.35. The van der Waals surface area contributed by atoms with Crippen LogP contribution in [0.1, 0.15) is 25.8 Å². The number of rotatable bonds is 2. The van der Waals surface area contributed by atoms with Crippen molar-refractivity contribution in [1.29, 1.82) is 0 Å². The third-order valence-electron chi connectivity index (χ3n) is 3.19. The van der Waals surface area contributed by atoms with Crippen molar-refractivity contribution in [3.8, 4) is 0 Å². The molecular formula is C14H18F3NS. The minimum atomic E-state index is -4.26. The number of thioether (sulfide) groups is 1. The molecule has 1 aromatic rings. The van der Waals surface area contributed by atoms with Crippen LogP contribution in [0.3, 0.4) is 0 Å². The third kappa shape index (κ3) is 4.06. The molecule has 0 amide bonds. The summed E-state index contributed by atoms with van der Waals surface area (Å²) in [5.41, 5.74) is 0.444. The molecule has 1 fully saturated rings. The number of hydrogen-bond donors (Lipinski definition) is 1. The normalized spacial score (nSPS) is 23.1. The molecule has 1 aromatic carbocycles. The first kappa shape index (κ1) is 14.6. The first-order chi connectivity index (χ1) is 8.76. The Labute approximate surface area is 116 Å². The van der Waals surface area contributed by atoms with Crippen LogP contribution in [0.15, 0.2) is 24.3 Å². The van der Waals surface area contributed by atoms with Gasteiger partial charge in [0.15, 0.2) is 0 Å². The van der Waals surface area contributed by atoms with E-state index in [1.807, 2.05) is 11.8 Å². The van der Waals surface area contributed by atoms with Gasteiger partial charge in [0, 0.05) is 17.5 Å². The van der Waals surface area contributed by atoms with Gasteiger partial charge in [0.2, 0.25) is 0 Å². The summed E-state index contributed by atoms with van der Waals surface area (Å²) in [7, 11) is 0. The molecule has 0 bridgehead atoms. The Balaban J connectivity index is 2.00. The first-order valence-electron chi connectivity index (χ1n) is 6.28. The number of anilines is 1. The van der Waals surface area contributed by atoms with Crippen LogP contribution in [-0.4, -0.2) is 17.5 Å². The molecule has 0 aromatic heterocycles. The van der Waals surface area contributed by atoms with E-state index < -0.39 is 11.7 Å². The first-order valence-corrected chi connectivity index (χ1v) is 7.43. The number of benzene rings is 1. The summed E-state index contributed by atoms with van der Waals surface area (Å²) in [6.07, 6.45) is -3.22. The van der Waals surface area contributed by atoms with E-state index >= 15 is 0 Å². The lowest BCUT2D eigenvalue weighted by Crippen LogP contribution is -2.35. The molecule has 1 N–H and O–H groups in total. The molecule has 1 nitrogen and oxygen atoms in total. The van der Waals surface area contributed by atoms with Crippen LogP contribution in [0, 0.1) is 5.41 Å². The molecule has 1 aliphatic heterocycles. The zero-order chi connectivity index (χ0) is 14.1. The Bertz CT molecular complexity index is 425. The van der Waals surface area contributed by atoms with Crippen molar-refractivity contribution in [2.24, 2.45) is 5.41 Å². The van der Waals surface area contributed by atoms with Crippen molar-refractivity contribution in [3.63, 3.8) is 0 Å². The van der Waals surface area contributed by atoms with Gasteiger partial charge in [0.25, 0.3) is 0 Å². The largest absolute Gasteiger partial charge is 0.416 e. The Hall–Kier alpha value is -0.840. The average Bonchev–Trinajstić information content (AvgIpc) is 2.27. The summed E-state index contributed by atoms with van der Waals surface area (Å²) in [6, 6.07) is 5.60. The zero-order valence-corrected chi connectivity index (χ0v) is 11.9. The summed E-state index contributed by atoms with van der Waals surface area (Å²) in [5, 5.41) is 3.33. The topological polar surface area (TPSA) is 12.0 Å². The standard InChI is InChI=1S/C14H18F3NS/c1-13(2)7-12(8-19-9-13)18-11-5-3-10(4-6-11)14(15,16)17/h3-6,12,18H,7-9H2,1-2H3. The highest BCUT2D eigenvalue weighted by molar-refractivity contribution is 7.99. The van der Waals surface area contributed by atoms with Crippen molar-refractivity contribution in [3.05, 3.63) is 29.8 Å². The van der Waals surface area contributed by atoms with Gasteiger partial charge < -0.3 is 5.32 Å². The minimum Gasteiger partial charge on any atom is -0.381 e. The smallest absolute Gasteiger partial charge is 0.381 e. The lowest BCUT2D eigenvalue weighted by molar-refractivity contribution is -0.137. The SMILES string of the molecule is CC1(C)CSCC(Nc2ccc(C(F)(F)F)cc2)C1. The maximum Gasteiger partial charge on any atom is 0.416 e. The molecule has 1 saturated heterocycles. The predicted octanol–water partition coefficient (Wildman–Crippen LogP) is 4.65. The number of hydrogen-bond acceptors (Lipinski definition) is 2. The fourth-order valence-corrected chi connectivity index (χ4v) is 3.62. The van der Waals surface area contributed by atoms with Gasteiger partial charge in [0.1, 0.15) is 0 Å². The molecule has 2 rings (SSSR count). The Kier molecular flexibility index (Phi) is 4.04. The molecule has 0 saturated carbocycles. The predicted molar refractivity (Wildman–Crippen MR) is 74.6 cm³/mol. The van der Waals surface area contributed by atoms with Crippen molar-refractivity contribution in [1.82, 2.24) is 0 Å². The van der Waals surface area contributed by atoms with Gasteiger partial charge in [0.05, 0.1) is 5.56 Å². The van der Waals surface area contributed by atoms with E-state index in [4.69, 9.17) is 0 Å². The second-order valence-corrected chi connectivity index (χ2v) is 6.83. The molecule has 1 heterocycles. The number of nitrogens with one attached hydrogen (secondary N) is 1. The fourth-order valence-electron chi connectivity index (χ4n) is 2.35. The highest BCUT2D eigenvalue weighted by atomic mass is 32.2. The summed E-state index contributed by atoms with van der Waals surface area (Å²) in [6.45, 7) is 4.45. The van der Waals surface area contributed by atoms with Crippen LogP contribution in [0.5, 0.6) is 0 Å². The second kappa shape index (κ2) is 5.27. The maximum atomic E-state index is 12.5. The molecular weight excluding hydrogens is 271 g/mol. The summed E-state index contributed by atoms with van der Waals surface area (Å²) >= 11 is 1.89. The quantitative estimate of drug-likeness (QED) is 0.850. The van der Waals surface area contributed by atoms with Crippen molar-refractivity contribution in [2.45, 2.75) is 32.5 Å². The van der Waals surface area contributed by atoms with Crippen LogP contribution < -0.4 is 5.32 Å². The Morgan fingerprint density at radius 3 is 2.37 bits per heavy atom. The van der Waals surface area contributed by atoms with Crippen molar-refractivity contribution < 1.29 is 13.2 Å². The average molecular weight is 289 g/mol. The van der Waals surface area contributed by atoms with E-state index in [1.165, 1.54) is 12.1 Å². The second-order valence-electron chi connectivity index (χ2n) is 5.80. The van der Waals surface area contributed by atoms with Gasteiger partial charge in [-0.3, -0.25) is 0 Å². The van der Waals surface area contributed by atoms with Gasteiger partial charge in [-0.05, 0) is 41.9 Å². The van der Waals surface area contributed by atoms with Crippen LogP contribution in [0.25, 0.3) is 0 Å². The molecule has 0 aliphatic carbocycles. The van der Waals surface area contributed by atoms with E-state index in [0.29, 0.717) is 6.04 Å². The number of alkyl halides is 3. The van der Waals surface area contributed by atoms with Gasteiger partial charge in [-0.25, -0.2) is 0 Å². The molecule has 0 spiro atoms. The molecule has 5 heteroatoms. The van der Waals surface area contributed by atoms with Gasteiger partial charge in [-0.15, -0.1) is 0 Å². The van der Waals surface area contributed by atoms with E-state index in [9.17, 15) is 13.2 Å². The Morgan fingerprint density at radius 1 is 1.21 bits per heavy atom. The fraction of sp³-hybridized carbons (Fsp3) is 0.571. The summed E-state index contributed by atoms with van der Waals surface area (Å²) < 4.78 is 37.4. The maximum absolute atomic E-state index is 12.5. The lowest BCUT2D eigenvalue weighted by Gasteiger charge is -2.35. The van der Waals surface area contributed by atoms with Crippen molar-refractivity contribution >= 4 is 17.4 Å². The third-order valence-corrected chi connectivity index (χ3v) is 4.82. The monoisotopic (exact) mass is 289 g/mol. The van der Waals surface area contributed by atoms with Crippen molar-refractivity contribution in [2.75, 3.05) is 16.8 Å². The summed E-state index contributed by atoms with van der Waals surface area (Å²) in [5.74, 6) is 2.14. The van der Waals surface area contributed by atoms with Gasteiger partial charge in [-0.2, -0.15) is 24.9 Å². The lowest BCUT2D eigenvalue weighted by atomic mass is 9.88. The highest BCUT2D eigenvalue weighted by Gasteiger charge is 2.31. The number of halogens is 3. The van der Waals surface area contributed by atoms with Crippen LogP contribution in [0.2, 0.25) is 0 Å². The van der Waals surface area contributed by atoms with Gasteiger partial charge >= 0.3 is 6.18 Å². The zero-order valence-electron chi connectivity index (χ0n) is 11.1. The molecule has 19 heavy (non-hydrogen) atoms. The van der Waals surface area contributed by atoms with E-state index in [2.05, 4.69) is 19.2 Å². The van der Waals surface area contributed by atoms with Gasteiger partial charge in [-0.1, -0.05) is 13.8 Å². The van der Waals surface area contributed by atoms with E-state index in [-0.39, 0.29) is 5.41 Å².